The highest BCUT2D eigenvalue weighted by atomic mass is 32.1. The molecule has 2 aromatic heterocycles. The topological polar surface area (TPSA) is 97.1 Å². The molecule has 0 atom stereocenters. The zero-order valence-electron chi connectivity index (χ0n) is 15.4. The summed E-state index contributed by atoms with van der Waals surface area (Å²) in [7, 11) is 1.85. The minimum Gasteiger partial charge on any atom is -0.481 e. The van der Waals surface area contributed by atoms with Crippen LogP contribution >= 0.6 is 11.3 Å². The predicted octanol–water partition coefficient (Wildman–Crippen LogP) is 2.42. The third-order valence-corrected chi connectivity index (χ3v) is 5.95. The number of carbonyl (C=O) groups excluding carboxylic acids is 1. The summed E-state index contributed by atoms with van der Waals surface area (Å²) >= 11 is 1.46. The monoisotopic (exact) mass is 396 g/mol. The number of carboxylic acids is 1. The molecule has 144 valence electrons. The van der Waals surface area contributed by atoms with E-state index in [1.165, 1.54) is 11.3 Å². The standard InChI is InChI=1S/C20H20N4O3S/c1-24-11-15(9-22-24)16-12-28-17(23-16)10-21-19(27)20(8-18(25)26)6-13-4-2-3-5-14(13)7-20/h2-5,9,11-12H,6-8,10H2,1H3,(H,21,27)(H,25,26). The smallest absolute Gasteiger partial charge is 0.304 e. The first-order valence-corrected chi connectivity index (χ1v) is 9.83. The third-order valence-electron chi connectivity index (χ3n) is 5.10. The summed E-state index contributed by atoms with van der Waals surface area (Å²) in [6, 6.07) is 7.77. The molecule has 7 nitrogen and oxygen atoms in total. The Morgan fingerprint density at radius 3 is 2.61 bits per heavy atom. The third kappa shape index (κ3) is 3.55. The molecule has 0 saturated heterocycles. The van der Waals surface area contributed by atoms with Gasteiger partial charge in [-0.05, 0) is 24.0 Å². The Morgan fingerprint density at radius 2 is 2.00 bits per heavy atom. The number of rotatable bonds is 6. The van der Waals surface area contributed by atoms with Gasteiger partial charge in [-0.25, -0.2) is 4.98 Å². The fourth-order valence-electron chi connectivity index (χ4n) is 3.77. The molecule has 1 amide bonds. The number of hydrogen-bond donors (Lipinski definition) is 2. The summed E-state index contributed by atoms with van der Waals surface area (Å²) < 4.78 is 1.71. The number of benzene rings is 1. The normalized spacial score (nSPS) is 14.6. The van der Waals surface area contributed by atoms with E-state index >= 15 is 0 Å². The maximum atomic E-state index is 13.0. The van der Waals surface area contributed by atoms with Crippen molar-refractivity contribution in [1.82, 2.24) is 20.1 Å². The Hall–Kier alpha value is -3.00. The van der Waals surface area contributed by atoms with Crippen LogP contribution in [-0.2, 0) is 36.0 Å². The van der Waals surface area contributed by atoms with Crippen molar-refractivity contribution in [1.29, 1.82) is 0 Å². The molecule has 2 N–H and O–H groups in total. The number of carboxylic acid groups (broad SMARTS) is 1. The van der Waals surface area contributed by atoms with Crippen LogP contribution in [0.2, 0.25) is 0 Å². The summed E-state index contributed by atoms with van der Waals surface area (Å²) in [5.74, 6) is -1.19. The molecule has 0 radical (unpaired) electrons. The number of nitrogens with one attached hydrogen (secondary N) is 1. The number of aliphatic carboxylic acids is 1. The number of hydrogen-bond acceptors (Lipinski definition) is 5. The van der Waals surface area contributed by atoms with E-state index in [9.17, 15) is 14.7 Å². The summed E-state index contributed by atoms with van der Waals surface area (Å²) in [5, 5.41) is 19.1. The lowest BCUT2D eigenvalue weighted by Gasteiger charge is -2.25. The van der Waals surface area contributed by atoms with Crippen LogP contribution in [0.4, 0.5) is 0 Å². The average Bonchev–Trinajstić information content (AvgIpc) is 3.36. The van der Waals surface area contributed by atoms with E-state index in [4.69, 9.17) is 0 Å². The molecular weight excluding hydrogens is 376 g/mol. The van der Waals surface area contributed by atoms with Gasteiger partial charge >= 0.3 is 5.97 Å². The second-order valence-corrected chi connectivity index (χ2v) is 8.13. The molecule has 3 aromatic rings. The quantitative estimate of drug-likeness (QED) is 0.667. The first kappa shape index (κ1) is 18.4. The number of aromatic nitrogens is 3. The van der Waals surface area contributed by atoms with Crippen LogP contribution in [0.25, 0.3) is 11.3 Å². The molecule has 2 heterocycles. The second kappa shape index (κ2) is 7.20. The van der Waals surface area contributed by atoms with Gasteiger partial charge in [-0.2, -0.15) is 5.10 Å². The lowest BCUT2D eigenvalue weighted by Crippen LogP contribution is -2.43. The van der Waals surface area contributed by atoms with E-state index in [2.05, 4.69) is 15.4 Å². The van der Waals surface area contributed by atoms with Crippen LogP contribution in [0.3, 0.4) is 0 Å². The molecule has 0 unspecified atom stereocenters. The van der Waals surface area contributed by atoms with Gasteiger partial charge in [0, 0.05) is 24.2 Å². The highest BCUT2D eigenvalue weighted by Crippen LogP contribution is 2.40. The van der Waals surface area contributed by atoms with Gasteiger partial charge in [-0.1, -0.05) is 24.3 Å². The zero-order valence-corrected chi connectivity index (χ0v) is 16.2. The van der Waals surface area contributed by atoms with Crippen LogP contribution in [0, 0.1) is 5.41 Å². The number of fused-ring (bicyclic) bond motifs is 1. The summed E-state index contributed by atoms with van der Waals surface area (Å²) in [5.41, 5.74) is 2.89. The Balaban J connectivity index is 1.47. The first-order valence-electron chi connectivity index (χ1n) is 8.95. The van der Waals surface area contributed by atoms with Crippen molar-refractivity contribution >= 4 is 23.2 Å². The van der Waals surface area contributed by atoms with Crippen molar-refractivity contribution in [3.05, 3.63) is 58.2 Å². The van der Waals surface area contributed by atoms with Gasteiger partial charge in [0.1, 0.15) is 5.01 Å². The van der Waals surface area contributed by atoms with E-state index in [1.807, 2.05) is 42.9 Å². The lowest BCUT2D eigenvalue weighted by molar-refractivity contribution is -0.145. The second-order valence-electron chi connectivity index (χ2n) is 7.18. The van der Waals surface area contributed by atoms with Crippen LogP contribution in [0.5, 0.6) is 0 Å². The minimum absolute atomic E-state index is 0.188. The Kier molecular flexibility index (Phi) is 4.72. The average molecular weight is 396 g/mol. The molecule has 0 saturated carbocycles. The molecule has 0 spiro atoms. The lowest BCUT2D eigenvalue weighted by atomic mass is 9.80. The molecule has 1 aliphatic carbocycles. The SMILES string of the molecule is Cn1cc(-c2csc(CNC(=O)C3(CC(=O)O)Cc4ccccc4C3)n2)cn1. The molecule has 4 rings (SSSR count). The maximum absolute atomic E-state index is 13.0. The Morgan fingerprint density at radius 1 is 1.29 bits per heavy atom. The van der Waals surface area contributed by atoms with Gasteiger partial charge in [0.25, 0.3) is 0 Å². The van der Waals surface area contributed by atoms with Gasteiger partial charge < -0.3 is 10.4 Å². The van der Waals surface area contributed by atoms with Gasteiger partial charge in [-0.15, -0.1) is 11.3 Å². The van der Waals surface area contributed by atoms with Crippen molar-refractivity contribution in [2.24, 2.45) is 12.5 Å². The summed E-state index contributed by atoms with van der Waals surface area (Å²) in [4.78, 5) is 29.0. The first-order chi connectivity index (χ1) is 13.4. The van der Waals surface area contributed by atoms with Crippen molar-refractivity contribution in [3.8, 4) is 11.3 Å². The molecule has 0 aliphatic heterocycles. The van der Waals surface area contributed by atoms with Gasteiger partial charge in [0.2, 0.25) is 5.91 Å². The van der Waals surface area contributed by atoms with Crippen LogP contribution in [-0.4, -0.2) is 31.7 Å². The van der Waals surface area contributed by atoms with E-state index in [-0.39, 0.29) is 18.9 Å². The molecular formula is C20H20N4O3S. The van der Waals surface area contributed by atoms with Crippen molar-refractivity contribution in [3.63, 3.8) is 0 Å². The van der Waals surface area contributed by atoms with Crippen LogP contribution in [0.1, 0.15) is 22.6 Å². The Bertz CT molecular complexity index is 1010. The number of thiazole rings is 1. The highest BCUT2D eigenvalue weighted by molar-refractivity contribution is 7.09. The van der Waals surface area contributed by atoms with Gasteiger partial charge in [0.05, 0.1) is 30.3 Å². The highest BCUT2D eigenvalue weighted by Gasteiger charge is 2.45. The number of amides is 1. The fraction of sp³-hybridized carbons (Fsp3) is 0.300. The largest absolute Gasteiger partial charge is 0.481 e. The van der Waals surface area contributed by atoms with Gasteiger partial charge in [0.15, 0.2) is 0 Å². The molecule has 8 heteroatoms. The molecule has 1 aromatic carbocycles. The molecule has 0 fully saturated rings. The van der Waals surface area contributed by atoms with Crippen molar-refractivity contribution in [2.75, 3.05) is 0 Å². The molecule has 28 heavy (non-hydrogen) atoms. The van der Waals surface area contributed by atoms with E-state index in [0.29, 0.717) is 12.8 Å². The zero-order chi connectivity index (χ0) is 19.7. The fourth-order valence-corrected chi connectivity index (χ4v) is 4.51. The van der Waals surface area contributed by atoms with Crippen LogP contribution < -0.4 is 5.32 Å². The van der Waals surface area contributed by atoms with E-state index in [1.54, 1.807) is 10.9 Å². The summed E-state index contributed by atoms with van der Waals surface area (Å²) in [6.45, 7) is 0.279. The van der Waals surface area contributed by atoms with Crippen molar-refractivity contribution < 1.29 is 14.7 Å². The number of carbonyl (C=O) groups is 2. The molecule has 1 aliphatic rings. The van der Waals surface area contributed by atoms with E-state index in [0.717, 1.165) is 27.4 Å². The van der Waals surface area contributed by atoms with Crippen molar-refractivity contribution in [2.45, 2.75) is 25.8 Å². The number of nitrogens with zero attached hydrogens (tertiary/aromatic N) is 3. The maximum Gasteiger partial charge on any atom is 0.304 e. The minimum atomic E-state index is -0.962. The van der Waals surface area contributed by atoms with Gasteiger partial charge in [-0.3, -0.25) is 14.3 Å². The molecule has 0 bridgehead atoms. The summed E-state index contributed by atoms with van der Waals surface area (Å²) in [6.07, 6.45) is 4.33. The van der Waals surface area contributed by atoms with Crippen LogP contribution in [0.15, 0.2) is 42.0 Å². The predicted molar refractivity (Wildman–Crippen MR) is 105 cm³/mol. The Labute approximate surface area is 166 Å². The number of aryl methyl sites for hydroxylation is 1. The van der Waals surface area contributed by atoms with E-state index < -0.39 is 11.4 Å².